The minimum atomic E-state index is -1.51. The molecule has 0 N–H and O–H groups in total. The molecule has 0 saturated carbocycles. The topological polar surface area (TPSA) is 87.1 Å². The summed E-state index contributed by atoms with van der Waals surface area (Å²) in [6, 6.07) is 14.1. The normalized spacial score (nSPS) is 22.2. The number of hydrogen-bond acceptors (Lipinski definition) is 6. The molecule has 32 heavy (non-hydrogen) atoms. The maximum absolute atomic E-state index is 13.3. The van der Waals surface area contributed by atoms with E-state index in [1.165, 1.54) is 15.7 Å². The van der Waals surface area contributed by atoms with Crippen LogP contribution in [-0.4, -0.2) is 33.2 Å². The Bertz CT molecular complexity index is 1290. The van der Waals surface area contributed by atoms with Crippen molar-refractivity contribution in [2.45, 2.75) is 45.1 Å². The highest BCUT2D eigenvalue weighted by molar-refractivity contribution is 5.99. The third kappa shape index (κ3) is 2.79. The number of para-hydroxylation sites is 2. The van der Waals surface area contributed by atoms with Crippen LogP contribution in [-0.2, 0) is 19.8 Å². The first-order valence-electron chi connectivity index (χ1n) is 10.3. The van der Waals surface area contributed by atoms with Crippen LogP contribution in [0.1, 0.15) is 45.0 Å². The second-order valence-electron chi connectivity index (χ2n) is 9.02. The summed E-state index contributed by atoms with van der Waals surface area (Å²) in [6.45, 7) is 6.93. The van der Waals surface area contributed by atoms with Crippen molar-refractivity contribution in [1.29, 1.82) is 0 Å². The molecule has 0 aliphatic carbocycles. The maximum Gasteiger partial charge on any atom is 0.419 e. The predicted octanol–water partition coefficient (Wildman–Crippen LogP) is 4.71. The van der Waals surface area contributed by atoms with Gasteiger partial charge < -0.3 is 14.2 Å². The molecule has 2 aromatic carbocycles. The molecule has 3 heterocycles. The van der Waals surface area contributed by atoms with E-state index in [0.717, 1.165) is 0 Å². The van der Waals surface area contributed by atoms with E-state index in [1.54, 1.807) is 76.2 Å². The molecule has 8 heteroatoms. The Morgan fingerprint density at radius 1 is 1.06 bits per heavy atom. The number of ether oxygens (including phenoxy) is 3. The summed E-state index contributed by atoms with van der Waals surface area (Å²) in [5.74, 6) is -0.254. The molecule has 8 nitrogen and oxygen atoms in total. The van der Waals surface area contributed by atoms with Gasteiger partial charge in [-0.1, -0.05) is 30.3 Å². The van der Waals surface area contributed by atoms with Crippen LogP contribution in [0.25, 0.3) is 10.9 Å². The molecule has 5 rings (SSSR count). The second-order valence-corrected chi connectivity index (χ2v) is 9.02. The molecular weight excluding hydrogens is 412 g/mol. The Morgan fingerprint density at radius 3 is 2.50 bits per heavy atom. The first-order chi connectivity index (χ1) is 15.1. The monoisotopic (exact) mass is 434 g/mol. The van der Waals surface area contributed by atoms with Gasteiger partial charge in [-0.25, -0.2) is 19.3 Å². The zero-order valence-electron chi connectivity index (χ0n) is 18.1. The minimum Gasteiger partial charge on any atom is -0.443 e. The summed E-state index contributed by atoms with van der Waals surface area (Å²) in [5, 5.41) is 0.630. The molecule has 1 saturated heterocycles. The number of benzene rings is 2. The van der Waals surface area contributed by atoms with Gasteiger partial charge in [0.2, 0.25) is 6.23 Å². The van der Waals surface area contributed by atoms with Gasteiger partial charge in [-0.3, -0.25) is 4.57 Å². The fourth-order valence-electron chi connectivity index (χ4n) is 4.27. The number of esters is 1. The predicted molar refractivity (Wildman–Crippen MR) is 114 cm³/mol. The van der Waals surface area contributed by atoms with Crippen LogP contribution in [0.3, 0.4) is 0 Å². The van der Waals surface area contributed by atoms with Crippen molar-refractivity contribution in [3.8, 4) is 5.75 Å². The number of aromatic nitrogens is 1. The average molecular weight is 434 g/mol. The van der Waals surface area contributed by atoms with E-state index in [4.69, 9.17) is 14.2 Å². The Kier molecular flexibility index (Phi) is 4.14. The first kappa shape index (κ1) is 20.1. The minimum absolute atomic E-state index is 0.354. The van der Waals surface area contributed by atoms with Crippen LogP contribution in [0, 0.1) is 0 Å². The second kappa shape index (κ2) is 6.59. The van der Waals surface area contributed by atoms with E-state index in [2.05, 4.69) is 0 Å². The zero-order valence-corrected chi connectivity index (χ0v) is 18.1. The number of amides is 1. The lowest BCUT2D eigenvalue weighted by molar-refractivity contribution is -0.145. The van der Waals surface area contributed by atoms with Crippen LogP contribution < -0.4 is 4.74 Å². The average Bonchev–Trinajstić information content (AvgIpc) is 3.24. The van der Waals surface area contributed by atoms with Crippen LogP contribution >= 0.6 is 0 Å². The standard InChI is InChI=1S/C24H22N2O6/c1-23(2,3)32-21(28)25-13-16(14-9-5-7-11-17(14)25)24(4)20(27)31-19-15-10-6-8-12-18(15)30-22(29)26(19)24/h5-13,19H,1-4H3/t19-,24-/m1/s1. The van der Waals surface area contributed by atoms with E-state index >= 15 is 0 Å². The van der Waals surface area contributed by atoms with Gasteiger partial charge in [0.25, 0.3) is 0 Å². The van der Waals surface area contributed by atoms with Crippen LogP contribution in [0.5, 0.6) is 5.75 Å². The number of rotatable bonds is 1. The largest absolute Gasteiger partial charge is 0.443 e. The molecule has 1 amide bonds. The molecule has 2 aliphatic heterocycles. The lowest BCUT2D eigenvalue weighted by Gasteiger charge is -2.35. The molecule has 0 radical (unpaired) electrons. The lowest BCUT2D eigenvalue weighted by atomic mass is 9.90. The molecule has 2 atom stereocenters. The van der Waals surface area contributed by atoms with E-state index < -0.39 is 35.5 Å². The summed E-state index contributed by atoms with van der Waals surface area (Å²) in [5.41, 5.74) is -0.630. The van der Waals surface area contributed by atoms with E-state index in [9.17, 15) is 14.4 Å². The fraction of sp³-hybridized carbons (Fsp3) is 0.292. The van der Waals surface area contributed by atoms with Gasteiger partial charge in [-0.15, -0.1) is 0 Å². The van der Waals surface area contributed by atoms with Crippen molar-refractivity contribution in [2.75, 3.05) is 0 Å². The number of hydrogen-bond donors (Lipinski definition) is 0. The first-order valence-corrected chi connectivity index (χ1v) is 10.3. The van der Waals surface area contributed by atoms with Crippen molar-refractivity contribution in [2.24, 2.45) is 0 Å². The van der Waals surface area contributed by atoms with Gasteiger partial charge >= 0.3 is 18.2 Å². The summed E-state index contributed by atoms with van der Waals surface area (Å²) in [7, 11) is 0. The Hall–Kier alpha value is -3.81. The van der Waals surface area contributed by atoms with E-state index in [1.807, 2.05) is 0 Å². The summed E-state index contributed by atoms with van der Waals surface area (Å²) < 4.78 is 18.1. The van der Waals surface area contributed by atoms with Crippen molar-refractivity contribution in [3.63, 3.8) is 0 Å². The van der Waals surface area contributed by atoms with E-state index in [-0.39, 0.29) is 0 Å². The van der Waals surface area contributed by atoms with Crippen molar-refractivity contribution >= 4 is 29.1 Å². The van der Waals surface area contributed by atoms with Gasteiger partial charge in [-0.05, 0) is 45.9 Å². The molecule has 1 fully saturated rings. The maximum atomic E-state index is 13.3. The number of carbonyl (C=O) groups excluding carboxylic acids is 3. The number of fused-ring (bicyclic) bond motifs is 4. The lowest BCUT2D eigenvalue weighted by Crippen LogP contribution is -2.50. The highest BCUT2D eigenvalue weighted by atomic mass is 16.6. The van der Waals surface area contributed by atoms with E-state index in [0.29, 0.717) is 27.8 Å². The molecular formula is C24H22N2O6. The molecule has 0 spiro atoms. The van der Waals surface area contributed by atoms with Crippen LogP contribution in [0.15, 0.2) is 54.7 Å². The Balaban J connectivity index is 1.68. The smallest absolute Gasteiger partial charge is 0.419 e. The SMILES string of the molecule is CC(C)(C)OC(=O)n1cc([C@]2(C)C(=O)O[C@@H]3c4ccccc4OC(=O)N32)c2ccccc21. The Morgan fingerprint density at radius 2 is 1.75 bits per heavy atom. The molecule has 0 unspecified atom stereocenters. The molecule has 3 aromatic rings. The van der Waals surface area contributed by atoms with Gasteiger partial charge in [0.15, 0.2) is 5.54 Å². The van der Waals surface area contributed by atoms with Gasteiger partial charge in [0, 0.05) is 17.1 Å². The summed E-state index contributed by atoms with van der Waals surface area (Å²) >= 11 is 0. The summed E-state index contributed by atoms with van der Waals surface area (Å²) in [4.78, 5) is 40.5. The quantitative estimate of drug-likeness (QED) is 0.516. The van der Waals surface area contributed by atoms with Gasteiger partial charge in [0.05, 0.1) is 11.1 Å². The van der Waals surface area contributed by atoms with Crippen LogP contribution in [0.4, 0.5) is 9.59 Å². The van der Waals surface area contributed by atoms with Crippen molar-refractivity contribution in [1.82, 2.24) is 9.47 Å². The Labute approximate surface area is 184 Å². The van der Waals surface area contributed by atoms with Gasteiger partial charge in [-0.2, -0.15) is 0 Å². The highest BCUT2D eigenvalue weighted by Gasteiger charge is 2.60. The third-order valence-corrected chi connectivity index (χ3v) is 5.74. The van der Waals surface area contributed by atoms with Crippen LogP contribution in [0.2, 0.25) is 0 Å². The fourth-order valence-corrected chi connectivity index (χ4v) is 4.27. The summed E-state index contributed by atoms with van der Waals surface area (Å²) in [6.07, 6.45) is -0.668. The highest BCUT2D eigenvalue weighted by Crippen LogP contribution is 2.50. The molecule has 1 aromatic heterocycles. The molecule has 0 bridgehead atoms. The van der Waals surface area contributed by atoms with Crippen molar-refractivity contribution < 1.29 is 28.6 Å². The van der Waals surface area contributed by atoms with Crippen molar-refractivity contribution in [3.05, 3.63) is 65.9 Å². The zero-order chi connectivity index (χ0) is 22.8. The number of carbonyl (C=O) groups is 3. The number of nitrogens with zero attached hydrogens (tertiary/aromatic N) is 2. The molecule has 2 aliphatic rings. The third-order valence-electron chi connectivity index (χ3n) is 5.74. The van der Waals surface area contributed by atoms with Gasteiger partial charge in [0.1, 0.15) is 11.4 Å². The molecule has 164 valence electrons.